The molecule has 0 radical (unpaired) electrons. The van der Waals surface area contributed by atoms with Crippen LogP contribution in [0.25, 0.3) is 0 Å². The molecule has 2 atom stereocenters. The smallest absolute Gasteiger partial charge is 0.220 e. The predicted octanol–water partition coefficient (Wildman–Crippen LogP) is 5.84. The standard InChI is InChI=1S/C27H35F3N2O/c1-27(2,3)17-26(33)31-22(14-21-15-24(29)25(30)16-23(21)28)11-13-32-12-7-10-20(18-32)19-8-5-4-6-9-19/h4-6,8-9,15-16,20,22H,7,10-14,17-18H2,1-3H3,(H,31,33)/t20?,22-/m0/s1. The maximum Gasteiger partial charge on any atom is 0.220 e. The molecule has 0 aromatic heterocycles. The Balaban J connectivity index is 1.67. The van der Waals surface area contributed by atoms with Gasteiger partial charge in [0.2, 0.25) is 5.91 Å². The summed E-state index contributed by atoms with van der Waals surface area (Å²) in [4.78, 5) is 15.0. The van der Waals surface area contributed by atoms with E-state index in [-0.39, 0.29) is 29.3 Å². The van der Waals surface area contributed by atoms with Gasteiger partial charge in [0.25, 0.3) is 0 Å². The molecule has 33 heavy (non-hydrogen) atoms. The number of rotatable bonds is 8. The van der Waals surface area contributed by atoms with Gasteiger partial charge in [0, 0.05) is 31.6 Å². The number of halogens is 3. The zero-order chi connectivity index (χ0) is 24.0. The normalized spacial score (nSPS) is 18.2. The number of carbonyl (C=O) groups is 1. The summed E-state index contributed by atoms with van der Waals surface area (Å²) in [5.41, 5.74) is 1.23. The van der Waals surface area contributed by atoms with Gasteiger partial charge in [-0.15, -0.1) is 0 Å². The molecular weight excluding hydrogens is 425 g/mol. The first-order valence-corrected chi connectivity index (χ1v) is 11.8. The molecule has 0 bridgehead atoms. The molecule has 2 aromatic rings. The minimum absolute atomic E-state index is 0.0794. The summed E-state index contributed by atoms with van der Waals surface area (Å²) in [5.74, 6) is -2.71. The van der Waals surface area contributed by atoms with Crippen LogP contribution in [0.15, 0.2) is 42.5 Å². The lowest BCUT2D eigenvalue weighted by molar-refractivity contribution is -0.123. The van der Waals surface area contributed by atoms with Crippen molar-refractivity contribution in [3.8, 4) is 0 Å². The molecule has 1 fully saturated rings. The number of piperidine rings is 1. The Kier molecular flexibility index (Phi) is 8.57. The summed E-state index contributed by atoms with van der Waals surface area (Å²) in [6, 6.07) is 11.6. The fourth-order valence-corrected chi connectivity index (χ4v) is 4.57. The molecule has 0 aliphatic carbocycles. The van der Waals surface area contributed by atoms with Crippen molar-refractivity contribution in [1.82, 2.24) is 10.2 Å². The van der Waals surface area contributed by atoms with Gasteiger partial charge in [-0.05, 0) is 60.8 Å². The average molecular weight is 461 g/mol. The summed E-state index contributed by atoms with van der Waals surface area (Å²) in [5, 5.41) is 3.02. The number of amides is 1. The van der Waals surface area contributed by atoms with Crippen LogP contribution in [0.1, 0.15) is 63.5 Å². The van der Waals surface area contributed by atoms with Crippen molar-refractivity contribution in [3.05, 3.63) is 71.0 Å². The molecule has 1 unspecified atom stereocenters. The van der Waals surface area contributed by atoms with E-state index in [1.165, 1.54) is 5.56 Å². The molecule has 2 aromatic carbocycles. The molecule has 0 saturated carbocycles. The molecular formula is C27H35F3N2O. The molecule has 1 saturated heterocycles. The minimum Gasteiger partial charge on any atom is -0.353 e. The monoisotopic (exact) mass is 460 g/mol. The summed E-state index contributed by atoms with van der Waals surface area (Å²) in [6.45, 7) is 8.60. The molecule has 1 aliphatic heterocycles. The molecule has 3 rings (SSSR count). The SMILES string of the molecule is CC(C)(C)CC(=O)N[C@@H](CCN1CCCC(c2ccccc2)C1)Cc1cc(F)c(F)cc1F. The molecule has 3 nitrogen and oxygen atoms in total. The molecule has 1 amide bonds. The third-order valence-electron chi connectivity index (χ3n) is 6.18. The number of hydrogen-bond donors (Lipinski definition) is 1. The number of nitrogens with one attached hydrogen (secondary N) is 1. The van der Waals surface area contributed by atoms with E-state index in [0.29, 0.717) is 24.8 Å². The number of nitrogens with zero attached hydrogens (tertiary/aromatic N) is 1. The first-order valence-electron chi connectivity index (χ1n) is 11.8. The zero-order valence-corrected chi connectivity index (χ0v) is 19.8. The maximum absolute atomic E-state index is 14.3. The van der Waals surface area contributed by atoms with Crippen molar-refractivity contribution in [2.24, 2.45) is 5.41 Å². The van der Waals surface area contributed by atoms with Crippen molar-refractivity contribution in [2.75, 3.05) is 19.6 Å². The van der Waals surface area contributed by atoms with E-state index in [9.17, 15) is 18.0 Å². The number of likely N-dealkylation sites (tertiary alicyclic amines) is 1. The Hall–Kier alpha value is -2.34. The first-order chi connectivity index (χ1) is 15.6. The van der Waals surface area contributed by atoms with Crippen LogP contribution in [-0.4, -0.2) is 36.5 Å². The predicted molar refractivity (Wildman–Crippen MR) is 125 cm³/mol. The third-order valence-corrected chi connectivity index (χ3v) is 6.18. The maximum atomic E-state index is 14.3. The highest BCUT2D eigenvalue weighted by atomic mass is 19.2. The Morgan fingerprint density at radius 2 is 1.79 bits per heavy atom. The second-order valence-electron chi connectivity index (χ2n) is 10.4. The average Bonchev–Trinajstić information content (AvgIpc) is 2.75. The van der Waals surface area contributed by atoms with E-state index < -0.39 is 17.5 Å². The molecule has 0 spiro atoms. The van der Waals surface area contributed by atoms with Gasteiger partial charge in [-0.3, -0.25) is 4.79 Å². The van der Waals surface area contributed by atoms with Crippen LogP contribution in [-0.2, 0) is 11.2 Å². The van der Waals surface area contributed by atoms with Crippen LogP contribution in [0.2, 0.25) is 0 Å². The van der Waals surface area contributed by atoms with Gasteiger partial charge in [0.15, 0.2) is 11.6 Å². The topological polar surface area (TPSA) is 32.3 Å². The Bertz CT molecular complexity index is 927. The van der Waals surface area contributed by atoms with Crippen molar-refractivity contribution in [3.63, 3.8) is 0 Å². The fourth-order valence-electron chi connectivity index (χ4n) is 4.57. The lowest BCUT2D eigenvalue weighted by Gasteiger charge is -2.34. The summed E-state index contributed by atoms with van der Waals surface area (Å²) in [7, 11) is 0. The number of benzene rings is 2. The van der Waals surface area contributed by atoms with E-state index in [4.69, 9.17) is 0 Å². The lowest BCUT2D eigenvalue weighted by atomic mass is 9.90. The van der Waals surface area contributed by atoms with Crippen LogP contribution in [0.5, 0.6) is 0 Å². The van der Waals surface area contributed by atoms with Crippen LogP contribution < -0.4 is 5.32 Å². The van der Waals surface area contributed by atoms with Crippen LogP contribution in [0, 0.1) is 22.9 Å². The minimum atomic E-state index is -1.20. The first kappa shape index (κ1) is 25.3. The van der Waals surface area contributed by atoms with Crippen LogP contribution >= 0.6 is 0 Å². The Morgan fingerprint density at radius 1 is 1.09 bits per heavy atom. The molecule has 1 aliphatic rings. The van der Waals surface area contributed by atoms with Crippen molar-refractivity contribution in [1.29, 1.82) is 0 Å². The Labute approximate surface area is 195 Å². The highest BCUT2D eigenvalue weighted by molar-refractivity contribution is 5.76. The second-order valence-corrected chi connectivity index (χ2v) is 10.4. The number of carbonyl (C=O) groups excluding carboxylic acids is 1. The number of hydrogen-bond acceptors (Lipinski definition) is 2. The van der Waals surface area contributed by atoms with Crippen LogP contribution in [0.4, 0.5) is 13.2 Å². The van der Waals surface area contributed by atoms with Gasteiger partial charge in [-0.1, -0.05) is 51.1 Å². The fraction of sp³-hybridized carbons (Fsp3) is 0.519. The summed E-state index contributed by atoms with van der Waals surface area (Å²) in [6.07, 6.45) is 3.30. The van der Waals surface area contributed by atoms with Crippen LogP contribution in [0.3, 0.4) is 0 Å². The summed E-state index contributed by atoms with van der Waals surface area (Å²) < 4.78 is 41.4. The molecule has 6 heteroatoms. The van der Waals surface area contributed by atoms with Crippen molar-refractivity contribution >= 4 is 5.91 Å². The van der Waals surface area contributed by atoms with Gasteiger partial charge < -0.3 is 10.2 Å². The van der Waals surface area contributed by atoms with Crippen molar-refractivity contribution in [2.45, 2.75) is 64.8 Å². The zero-order valence-electron chi connectivity index (χ0n) is 19.8. The van der Waals surface area contributed by atoms with Gasteiger partial charge in [0.1, 0.15) is 5.82 Å². The van der Waals surface area contributed by atoms with Gasteiger partial charge in [0.05, 0.1) is 0 Å². The highest BCUT2D eigenvalue weighted by Crippen LogP contribution is 2.27. The van der Waals surface area contributed by atoms with Gasteiger partial charge >= 0.3 is 0 Å². The third kappa shape index (κ3) is 7.88. The van der Waals surface area contributed by atoms with Crippen molar-refractivity contribution < 1.29 is 18.0 Å². The summed E-state index contributed by atoms with van der Waals surface area (Å²) >= 11 is 0. The largest absolute Gasteiger partial charge is 0.353 e. The quantitative estimate of drug-likeness (QED) is 0.502. The van der Waals surface area contributed by atoms with E-state index in [2.05, 4.69) is 34.5 Å². The lowest BCUT2D eigenvalue weighted by Crippen LogP contribution is -2.42. The molecule has 1 heterocycles. The Morgan fingerprint density at radius 3 is 2.48 bits per heavy atom. The van der Waals surface area contributed by atoms with Gasteiger partial charge in [-0.2, -0.15) is 0 Å². The van der Waals surface area contributed by atoms with E-state index >= 15 is 0 Å². The molecule has 1 N–H and O–H groups in total. The van der Waals surface area contributed by atoms with E-state index in [0.717, 1.165) is 38.5 Å². The second kappa shape index (κ2) is 11.2. The molecule has 180 valence electrons. The highest BCUT2D eigenvalue weighted by Gasteiger charge is 2.24. The van der Waals surface area contributed by atoms with E-state index in [1.54, 1.807) is 0 Å². The van der Waals surface area contributed by atoms with Gasteiger partial charge in [-0.25, -0.2) is 13.2 Å². The van der Waals surface area contributed by atoms with E-state index in [1.807, 2.05) is 26.8 Å².